The highest BCUT2D eigenvalue weighted by Gasteiger charge is 2.35. The fourth-order valence-electron chi connectivity index (χ4n) is 5.41. The van der Waals surface area contributed by atoms with Crippen LogP contribution in [0.15, 0.2) is 60.7 Å². The first kappa shape index (κ1) is 29.0. The Balaban J connectivity index is 1.25. The average Bonchev–Trinajstić information content (AvgIpc) is 3.77. The summed E-state index contributed by atoms with van der Waals surface area (Å²) >= 11 is 0. The summed E-state index contributed by atoms with van der Waals surface area (Å²) in [5.74, 6) is -1.30. The van der Waals surface area contributed by atoms with Crippen LogP contribution in [0, 0.1) is 11.7 Å². The van der Waals surface area contributed by atoms with E-state index < -0.39 is 36.1 Å². The number of hydrogen-bond acceptors (Lipinski definition) is 7. The Morgan fingerprint density at radius 1 is 0.864 bits per heavy atom. The van der Waals surface area contributed by atoms with Gasteiger partial charge in [0, 0.05) is 43.2 Å². The molecule has 2 heterocycles. The Kier molecular flexibility index (Phi) is 8.05. The van der Waals surface area contributed by atoms with Crippen molar-refractivity contribution in [3.05, 3.63) is 83.2 Å². The molecule has 3 amide bonds. The number of hydrogen-bond donors (Lipinski definition) is 3. The molecule has 1 unspecified atom stereocenters. The minimum absolute atomic E-state index is 0.0672. The Hall–Kier alpha value is -5.13. The maximum atomic E-state index is 13.5. The number of carboxylic acid groups (broad SMARTS) is 1. The first-order valence-electron chi connectivity index (χ1n) is 14.4. The number of carbonyl (C=O) groups is 4. The Morgan fingerprint density at radius 2 is 1.55 bits per heavy atom. The normalized spacial score (nSPS) is 16.3. The van der Waals surface area contributed by atoms with E-state index >= 15 is 0 Å². The molecule has 1 saturated carbocycles. The zero-order valence-electron chi connectivity index (χ0n) is 23.8. The van der Waals surface area contributed by atoms with E-state index in [2.05, 4.69) is 15.5 Å². The lowest BCUT2D eigenvalue weighted by Gasteiger charge is -2.37. The number of ether oxygens (including phenoxy) is 2. The molecule has 2 fully saturated rings. The van der Waals surface area contributed by atoms with Crippen LogP contribution in [0.2, 0.25) is 0 Å². The van der Waals surface area contributed by atoms with E-state index in [1.54, 1.807) is 36.4 Å². The zero-order chi connectivity index (χ0) is 30.8. The standard InChI is InChI=1S/C32H31FN4O7/c33-23-7-3-19(4-8-23)24(17-29(38)39)34-30(40)21-5-9-26(36-11-13-37(14-12-36)32(42)20-1-2-20)25(15-21)35-31(41)22-6-10-27-28(16-22)44-18-43-27/h3-10,15-16,20,24H,1-2,11-14,17-18H2,(H,34,40)(H,35,41)(H,38,39). The van der Waals surface area contributed by atoms with Gasteiger partial charge in [0.05, 0.1) is 23.8 Å². The van der Waals surface area contributed by atoms with Crippen molar-refractivity contribution in [3.8, 4) is 11.5 Å². The highest BCUT2D eigenvalue weighted by atomic mass is 19.1. The van der Waals surface area contributed by atoms with Crippen molar-refractivity contribution in [2.24, 2.45) is 5.92 Å². The van der Waals surface area contributed by atoms with Gasteiger partial charge in [-0.3, -0.25) is 19.2 Å². The van der Waals surface area contributed by atoms with Gasteiger partial charge in [0.15, 0.2) is 11.5 Å². The molecule has 3 N–H and O–H groups in total. The summed E-state index contributed by atoms with van der Waals surface area (Å²) < 4.78 is 24.2. The fourth-order valence-corrected chi connectivity index (χ4v) is 5.41. The third-order valence-electron chi connectivity index (χ3n) is 7.96. The van der Waals surface area contributed by atoms with Crippen molar-refractivity contribution < 1.29 is 38.1 Å². The number of nitrogens with one attached hydrogen (secondary N) is 2. The lowest BCUT2D eigenvalue weighted by Crippen LogP contribution is -2.49. The van der Waals surface area contributed by atoms with Gasteiger partial charge in [-0.15, -0.1) is 0 Å². The van der Waals surface area contributed by atoms with Gasteiger partial charge in [0.1, 0.15) is 5.82 Å². The first-order chi connectivity index (χ1) is 21.2. The second kappa shape index (κ2) is 12.2. The van der Waals surface area contributed by atoms with E-state index in [0.717, 1.165) is 12.8 Å². The number of anilines is 2. The molecular weight excluding hydrogens is 571 g/mol. The summed E-state index contributed by atoms with van der Waals surface area (Å²) in [6, 6.07) is 14.1. The quantitative estimate of drug-likeness (QED) is 0.336. The molecule has 0 bridgehead atoms. The number of fused-ring (bicyclic) bond motifs is 1. The summed E-state index contributed by atoms with van der Waals surface area (Å²) in [6.45, 7) is 2.24. The maximum Gasteiger partial charge on any atom is 0.305 e. The second-order valence-electron chi connectivity index (χ2n) is 11.0. The fraction of sp³-hybridized carbons (Fsp3) is 0.312. The molecular formula is C32H31FN4O7. The van der Waals surface area contributed by atoms with E-state index in [1.807, 2.05) is 4.90 Å². The Morgan fingerprint density at radius 3 is 2.25 bits per heavy atom. The first-order valence-corrected chi connectivity index (χ1v) is 14.4. The van der Waals surface area contributed by atoms with Crippen LogP contribution in [-0.4, -0.2) is 66.7 Å². The van der Waals surface area contributed by atoms with E-state index in [-0.39, 0.29) is 24.2 Å². The molecule has 44 heavy (non-hydrogen) atoms. The van der Waals surface area contributed by atoms with Crippen molar-refractivity contribution in [1.82, 2.24) is 10.2 Å². The molecule has 0 radical (unpaired) electrons. The topological polar surface area (TPSA) is 138 Å². The van der Waals surface area contributed by atoms with Crippen LogP contribution >= 0.6 is 0 Å². The largest absolute Gasteiger partial charge is 0.481 e. The van der Waals surface area contributed by atoms with Crippen molar-refractivity contribution in [2.45, 2.75) is 25.3 Å². The molecule has 3 aliphatic rings. The van der Waals surface area contributed by atoms with Crippen molar-refractivity contribution >= 4 is 35.1 Å². The number of amides is 3. The van der Waals surface area contributed by atoms with Gasteiger partial charge in [0.25, 0.3) is 11.8 Å². The minimum Gasteiger partial charge on any atom is -0.481 e. The number of benzene rings is 3. The summed E-state index contributed by atoms with van der Waals surface area (Å²) in [5.41, 5.74) is 2.00. The molecule has 2 aliphatic heterocycles. The molecule has 12 heteroatoms. The molecule has 3 aromatic carbocycles. The van der Waals surface area contributed by atoms with Gasteiger partial charge in [-0.25, -0.2) is 4.39 Å². The van der Waals surface area contributed by atoms with Gasteiger partial charge in [-0.2, -0.15) is 0 Å². The lowest BCUT2D eigenvalue weighted by atomic mass is 10.0. The average molecular weight is 603 g/mol. The number of carboxylic acids is 1. The maximum absolute atomic E-state index is 13.5. The minimum atomic E-state index is -1.13. The second-order valence-corrected chi connectivity index (χ2v) is 11.0. The Bertz CT molecular complexity index is 1600. The van der Waals surface area contributed by atoms with Gasteiger partial charge < -0.3 is 35.0 Å². The van der Waals surface area contributed by atoms with Crippen LogP contribution in [0.3, 0.4) is 0 Å². The van der Waals surface area contributed by atoms with Gasteiger partial charge >= 0.3 is 5.97 Å². The Labute approximate surface area is 252 Å². The molecule has 3 aromatic rings. The van der Waals surface area contributed by atoms with Crippen molar-refractivity contribution in [1.29, 1.82) is 0 Å². The van der Waals surface area contributed by atoms with Crippen LogP contribution in [0.4, 0.5) is 15.8 Å². The molecule has 0 spiro atoms. The number of nitrogens with zero attached hydrogens (tertiary/aromatic N) is 2. The predicted octanol–water partition coefficient (Wildman–Crippen LogP) is 3.81. The molecule has 1 saturated heterocycles. The van der Waals surface area contributed by atoms with Gasteiger partial charge in [0.2, 0.25) is 12.7 Å². The SMILES string of the molecule is O=C(O)CC(NC(=O)c1ccc(N2CCN(C(=O)C3CC3)CC2)c(NC(=O)c2ccc3c(c2)OCO3)c1)c1ccc(F)cc1. The zero-order valence-corrected chi connectivity index (χ0v) is 23.8. The molecule has 11 nitrogen and oxygen atoms in total. The number of piperazine rings is 1. The number of halogens is 1. The van der Waals surface area contributed by atoms with Gasteiger partial charge in [-0.1, -0.05) is 12.1 Å². The van der Waals surface area contributed by atoms with E-state index in [1.165, 1.54) is 24.3 Å². The number of aliphatic carboxylic acids is 1. The highest BCUT2D eigenvalue weighted by Crippen LogP contribution is 2.35. The molecule has 0 aromatic heterocycles. The predicted molar refractivity (Wildman–Crippen MR) is 157 cm³/mol. The van der Waals surface area contributed by atoms with Gasteiger partial charge in [-0.05, 0) is 66.9 Å². The lowest BCUT2D eigenvalue weighted by molar-refractivity contribution is -0.137. The monoisotopic (exact) mass is 602 g/mol. The van der Waals surface area contributed by atoms with E-state index in [4.69, 9.17) is 9.47 Å². The van der Waals surface area contributed by atoms with E-state index in [9.17, 15) is 28.7 Å². The summed E-state index contributed by atoms with van der Waals surface area (Å²) in [4.78, 5) is 54.9. The van der Waals surface area contributed by atoms with E-state index in [0.29, 0.717) is 60.2 Å². The molecule has 1 aliphatic carbocycles. The van der Waals surface area contributed by atoms with Crippen LogP contribution in [-0.2, 0) is 9.59 Å². The summed E-state index contributed by atoms with van der Waals surface area (Å²) in [6.07, 6.45) is 1.47. The summed E-state index contributed by atoms with van der Waals surface area (Å²) in [7, 11) is 0. The van der Waals surface area contributed by atoms with Crippen LogP contribution in [0.5, 0.6) is 11.5 Å². The highest BCUT2D eigenvalue weighted by molar-refractivity contribution is 6.07. The van der Waals surface area contributed by atoms with Crippen molar-refractivity contribution in [2.75, 3.05) is 43.2 Å². The smallest absolute Gasteiger partial charge is 0.305 e. The van der Waals surface area contributed by atoms with Crippen molar-refractivity contribution in [3.63, 3.8) is 0 Å². The third-order valence-corrected chi connectivity index (χ3v) is 7.96. The molecule has 228 valence electrons. The third kappa shape index (κ3) is 6.43. The van der Waals surface area contributed by atoms with Crippen LogP contribution in [0.25, 0.3) is 0 Å². The van der Waals surface area contributed by atoms with Crippen LogP contribution < -0.4 is 25.0 Å². The molecule has 1 atom stereocenters. The summed E-state index contributed by atoms with van der Waals surface area (Å²) in [5, 5.41) is 15.1. The number of rotatable bonds is 9. The number of carbonyl (C=O) groups excluding carboxylic acids is 3. The molecule has 6 rings (SSSR count). The van der Waals surface area contributed by atoms with Crippen LogP contribution in [0.1, 0.15) is 51.6 Å².